The number of H-pyrrole nitrogens is 1. The maximum atomic E-state index is 12.7. The average molecular weight is 509 g/mol. The third kappa shape index (κ3) is 5.88. The molecule has 1 saturated heterocycles. The Morgan fingerprint density at radius 2 is 1.87 bits per heavy atom. The Kier molecular flexibility index (Phi) is 8.03. The molecule has 0 radical (unpaired) electrons. The Hall–Kier alpha value is -4.12. The van der Waals surface area contributed by atoms with Crippen LogP contribution in [-0.4, -0.2) is 55.3 Å². The number of nitrogens with one attached hydrogen (secondary N) is 2. The number of fused-ring (bicyclic) bond motifs is 1. The fourth-order valence-electron chi connectivity index (χ4n) is 4.94. The number of aromatic nitrogens is 1. The number of anilines is 1. The van der Waals surface area contributed by atoms with Crippen LogP contribution >= 0.6 is 0 Å². The van der Waals surface area contributed by atoms with Crippen LogP contribution in [-0.2, 0) is 22.4 Å². The molecule has 2 N–H and O–H groups in total. The van der Waals surface area contributed by atoms with Crippen molar-refractivity contribution < 1.29 is 14.3 Å². The van der Waals surface area contributed by atoms with Gasteiger partial charge in [0.2, 0.25) is 0 Å². The highest BCUT2D eigenvalue weighted by molar-refractivity contribution is 5.97. The smallest absolute Gasteiger partial charge is 0.339 e. The van der Waals surface area contributed by atoms with Crippen LogP contribution < -0.4 is 5.32 Å². The quantitative estimate of drug-likeness (QED) is 0.295. The predicted molar refractivity (Wildman–Crippen MR) is 149 cm³/mol. The van der Waals surface area contributed by atoms with E-state index < -0.39 is 12.0 Å². The third-order valence-electron chi connectivity index (χ3n) is 7.08. The Balaban J connectivity index is 1.30. The van der Waals surface area contributed by atoms with Gasteiger partial charge in [0.25, 0.3) is 0 Å². The molecule has 1 atom stereocenters. The number of hydrogen-bond donors (Lipinski definition) is 2. The van der Waals surface area contributed by atoms with Gasteiger partial charge >= 0.3 is 5.97 Å². The molecule has 4 aromatic rings. The van der Waals surface area contributed by atoms with Gasteiger partial charge in [-0.25, -0.2) is 4.79 Å². The first kappa shape index (κ1) is 25.5. The van der Waals surface area contributed by atoms with Crippen molar-refractivity contribution in [1.82, 2.24) is 9.88 Å². The molecule has 2 heterocycles. The topological polar surface area (TPSA) is 90.4 Å². The van der Waals surface area contributed by atoms with Crippen molar-refractivity contribution in [2.45, 2.75) is 25.4 Å². The van der Waals surface area contributed by atoms with E-state index in [2.05, 4.69) is 51.6 Å². The average Bonchev–Trinajstić information content (AvgIpc) is 3.39. The Morgan fingerprint density at radius 3 is 2.63 bits per heavy atom. The van der Waals surface area contributed by atoms with Gasteiger partial charge in [0.15, 0.2) is 0 Å². The maximum absolute atomic E-state index is 12.7. The second-order valence-corrected chi connectivity index (χ2v) is 9.56. The lowest BCUT2D eigenvalue weighted by molar-refractivity contribution is 0.0342. The number of para-hydroxylation sites is 1. The minimum Gasteiger partial charge on any atom is -0.465 e. The molecule has 0 spiro atoms. The second-order valence-electron chi connectivity index (χ2n) is 9.56. The zero-order valence-electron chi connectivity index (χ0n) is 21.6. The zero-order chi connectivity index (χ0) is 26.3. The fourth-order valence-corrected chi connectivity index (χ4v) is 4.94. The minimum absolute atomic E-state index is 0.412. The molecular formula is C31H32N4O3. The van der Waals surface area contributed by atoms with E-state index in [4.69, 9.17) is 9.47 Å². The van der Waals surface area contributed by atoms with Gasteiger partial charge in [0.05, 0.1) is 32.0 Å². The number of esters is 1. The summed E-state index contributed by atoms with van der Waals surface area (Å²) < 4.78 is 10.5. The molecule has 0 saturated carbocycles. The first-order valence-electron chi connectivity index (χ1n) is 13.0. The van der Waals surface area contributed by atoms with Crippen LogP contribution in [0.1, 0.15) is 27.9 Å². The molecule has 3 aromatic carbocycles. The Labute approximate surface area is 223 Å². The summed E-state index contributed by atoms with van der Waals surface area (Å²) in [5.41, 5.74) is 6.44. The first-order valence-corrected chi connectivity index (χ1v) is 13.0. The van der Waals surface area contributed by atoms with E-state index in [9.17, 15) is 10.1 Å². The Morgan fingerprint density at radius 1 is 1.11 bits per heavy atom. The molecule has 7 nitrogen and oxygen atoms in total. The number of nitriles is 1. The number of carbonyl (C=O) groups is 1. The molecular weight excluding hydrogens is 476 g/mol. The SMILES string of the molecule is COC(=O)c1cc(-c2ccc(CN3CCOCC3)cc2)ccc1NC(C#N)CCc1c[nH]c2ccccc12. The van der Waals surface area contributed by atoms with Crippen LogP contribution in [0.25, 0.3) is 22.0 Å². The van der Waals surface area contributed by atoms with Crippen molar-refractivity contribution in [3.05, 3.63) is 89.6 Å². The molecule has 1 fully saturated rings. The monoisotopic (exact) mass is 508 g/mol. The zero-order valence-corrected chi connectivity index (χ0v) is 21.6. The van der Waals surface area contributed by atoms with Crippen molar-refractivity contribution in [2.75, 3.05) is 38.7 Å². The van der Waals surface area contributed by atoms with E-state index in [-0.39, 0.29) is 0 Å². The van der Waals surface area contributed by atoms with Crippen LogP contribution in [0.3, 0.4) is 0 Å². The standard InChI is InChI=1S/C31H32N4O3/c1-37-31(36)28-18-24(23-8-6-22(7-9-23)21-35-14-16-38-17-15-35)11-13-30(28)34-26(19-32)12-10-25-20-33-29-5-3-2-4-27(25)29/h2-9,11,13,18,20,26,33-34H,10,12,14-17,21H2,1H3. The maximum Gasteiger partial charge on any atom is 0.339 e. The van der Waals surface area contributed by atoms with Crippen molar-refractivity contribution in [3.63, 3.8) is 0 Å². The lowest BCUT2D eigenvalue weighted by atomic mass is 9.99. The molecule has 0 aliphatic carbocycles. The van der Waals surface area contributed by atoms with E-state index in [1.807, 2.05) is 42.6 Å². The van der Waals surface area contributed by atoms with Gasteiger partial charge in [0, 0.05) is 42.4 Å². The van der Waals surface area contributed by atoms with Gasteiger partial charge in [-0.2, -0.15) is 5.26 Å². The van der Waals surface area contributed by atoms with E-state index in [1.165, 1.54) is 23.6 Å². The summed E-state index contributed by atoms with van der Waals surface area (Å²) >= 11 is 0. The molecule has 194 valence electrons. The summed E-state index contributed by atoms with van der Waals surface area (Å²) in [6.45, 7) is 4.36. The number of aromatic amines is 1. The number of hydrogen-bond acceptors (Lipinski definition) is 6. The van der Waals surface area contributed by atoms with E-state index in [1.54, 1.807) is 0 Å². The minimum atomic E-state index is -0.461. The van der Waals surface area contributed by atoms with Crippen LogP contribution in [0.15, 0.2) is 72.9 Å². The number of morpholine rings is 1. The molecule has 1 unspecified atom stereocenters. The predicted octanol–water partition coefficient (Wildman–Crippen LogP) is 5.39. The van der Waals surface area contributed by atoms with Crippen LogP contribution in [0.5, 0.6) is 0 Å². The van der Waals surface area contributed by atoms with Gasteiger partial charge in [-0.3, -0.25) is 4.90 Å². The number of rotatable bonds is 9. The summed E-state index contributed by atoms with van der Waals surface area (Å²) in [7, 11) is 1.37. The molecule has 38 heavy (non-hydrogen) atoms. The van der Waals surface area contributed by atoms with E-state index in [0.717, 1.165) is 55.9 Å². The van der Waals surface area contributed by atoms with Crippen LogP contribution in [0.4, 0.5) is 5.69 Å². The molecule has 5 rings (SSSR count). The lowest BCUT2D eigenvalue weighted by Crippen LogP contribution is -2.35. The normalized spacial score (nSPS) is 14.6. The highest BCUT2D eigenvalue weighted by Crippen LogP contribution is 2.28. The first-order chi connectivity index (χ1) is 18.6. The van der Waals surface area contributed by atoms with Crippen LogP contribution in [0, 0.1) is 11.3 Å². The van der Waals surface area contributed by atoms with Crippen molar-refractivity contribution in [1.29, 1.82) is 5.26 Å². The summed E-state index contributed by atoms with van der Waals surface area (Å²) in [6, 6.07) is 24.1. The highest BCUT2D eigenvalue weighted by atomic mass is 16.5. The lowest BCUT2D eigenvalue weighted by Gasteiger charge is -2.26. The van der Waals surface area contributed by atoms with E-state index >= 15 is 0 Å². The van der Waals surface area contributed by atoms with Gasteiger partial charge in [0.1, 0.15) is 6.04 Å². The van der Waals surface area contributed by atoms with Crippen LogP contribution in [0.2, 0.25) is 0 Å². The molecule has 0 amide bonds. The number of methoxy groups -OCH3 is 1. The molecule has 1 aliphatic heterocycles. The summed E-state index contributed by atoms with van der Waals surface area (Å²) in [5.74, 6) is -0.438. The number of carbonyl (C=O) groups excluding carboxylic acids is 1. The third-order valence-corrected chi connectivity index (χ3v) is 7.08. The summed E-state index contributed by atoms with van der Waals surface area (Å²) in [5, 5.41) is 14.3. The number of aryl methyl sites for hydroxylation is 1. The molecule has 7 heteroatoms. The fraction of sp³-hybridized carbons (Fsp3) is 0.290. The number of ether oxygens (including phenoxy) is 2. The number of benzene rings is 3. The van der Waals surface area contributed by atoms with Crippen molar-refractivity contribution in [2.24, 2.45) is 0 Å². The van der Waals surface area contributed by atoms with Crippen molar-refractivity contribution >= 4 is 22.6 Å². The molecule has 0 bridgehead atoms. The van der Waals surface area contributed by atoms with Gasteiger partial charge in [-0.1, -0.05) is 48.5 Å². The Bertz CT molecular complexity index is 1430. The largest absolute Gasteiger partial charge is 0.465 e. The van der Waals surface area contributed by atoms with Gasteiger partial charge in [-0.05, 0) is 53.3 Å². The second kappa shape index (κ2) is 12.0. The van der Waals surface area contributed by atoms with Gasteiger partial charge in [-0.15, -0.1) is 0 Å². The van der Waals surface area contributed by atoms with Gasteiger partial charge < -0.3 is 19.8 Å². The molecule has 1 aliphatic rings. The van der Waals surface area contributed by atoms with Crippen molar-refractivity contribution in [3.8, 4) is 17.2 Å². The summed E-state index contributed by atoms with van der Waals surface area (Å²) in [4.78, 5) is 18.4. The molecule has 1 aromatic heterocycles. The summed E-state index contributed by atoms with van der Waals surface area (Å²) in [6.07, 6.45) is 3.34. The highest BCUT2D eigenvalue weighted by Gasteiger charge is 2.18. The number of nitrogens with zero attached hydrogens (tertiary/aromatic N) is 2. The van der Waals surface area contributed by atoms with E-state index in [0.29, 0.717) is 17.7 Å².